The number of rotatable bonds is 6. The summed E-state index contributed by atoms with van der Waals surface area (Å²) >= 11 is 5.97. The summed E-state index contributed by atoms with van der Waals surface area (Å²) in [6.45, 7) is 5.58. The monoisotopic (exact) mass is 338 g/mol. The lowest BCUT2D eigenvalue weighted by atomic mass is 10.0. The zero-order valence-electron chi connectivity index (χ0n) is 13.5. The van der Waals surface area contributed by atoms with Gasteiger partial charge >= 0.3 is 0 Å². The second-order valence-electron chi connectivity index (χ2n) is 6.00. The maximum atomic E-state index is 12.0. The van der Waals surface area contributed by atoms with Gasteiger partial charge in [0.2, 0.25) is 5.91 Å². The molecule has 2 amide bonds. The van der Waals surface area contributed by atoms with Gasteiger partial charge in [-0.3, -0.25) is 9.59 Å². The van der Waals surface area contributed by atoms with Crippen molar-refractivity contribution in [2.75, 3.05) is 26.2 Å². The van der Waals surface area contributed by atoms with E-state index in [0.29, 0.717) is 10.6 Å². The molecule has 1 aliphatic heterocycles. The molecule has 1 aromatic rings. The summed E-state index contributed by atoms with van der Waals surface area (Å²) in [5.41, 5.74) is 0.387. The SMILES string of the molecule is CCC[NH+]1CCC(NC(=O)CNC(=O)c2ccccc2Cl)CC1. The van der Waals surface area contributed by atoms with Crippen molar-refractivity contribution in [3.63, 3.8) is 0 Å². The molecule has 0 spiro atoms. The van der Waals surface area contributed by atoms with Gasteiger partial charge in [-0.1, -0.05) is 30.7 Å². The number of quaternary nitrogens is 1. The number of benzene rings is 1. The zero-order valence-corrected chi connectivity index (χ0v) is 14.3. The van der Waals surface area contributed by atoms with Gasteiger partial charge in [-0.05, 0) is 18.6 Å². The van der Waals surface area contributed by atoms with Crippen LogP contribution >= 0.6 is 11.6 Å². The molecule has 5 nitrogen and oxygen atoms in total. The Kier molecular flexibility index (Phi) is 6.86. The van der Waals surface area contributed by atoms with Gasteiger partial charge in [-0.25, -0.2) is 0 Å². The first-order valence-corrected chi connectivity index (χ1v) is 8.63. The Morgan fingerprint density at radius 1 is 1.26 bits per heavy atom. The molecule has 2 rings (SSSR count). The molecule has 0 unspecified atom stereocenters. The smallest absolute Gasteiger partial charge is 0.253 e. The fourth-order valence-electron chi connectivity index (χ4n) is 2.95. The molecule has 0 atom stereocenters. The van der Waals surface area contributed by atoms with Crippen LogP contribution in [-0.2, 0) is 4.79 Å². The van der Waals surface area contributed by atoms with Gasteiger partial charge in [0.25, 0.3) is 5.91 Å². The summed E-state index contributed by atoms with van der Waals surface area (Å²) in [7, 11) is 0. The number of carbonyl (C=O) groups excluding carboxylic acids is 2. The summed E-state index contributed by atoms with van der Waals surface area (Å²) in [6, 6.07) is 7.02. The average Bonchev–Trinajstić information content (AvgIpc) is 2.55. The Hall–Kier alpha value is -1.59. The number of hydrogen-bond acceptors (Lipinski definition) is 2. The molecule has 3 N–H and O–H groups in total. The number of nitrogens with one attached hydrogen (secondary N) is 3. The third-order valence-corrected chi connectivity index (χ3v) is 4.52. The van der Waals surface area contributed by atoms with Crippen molar-refractivity contribution in [2.24, 2.45) is 0 Å². The molecular weight excluding hydrogens is 314 g/mol. The molecule has 1 fully saturated rings. The molecule has 0 aromatic heterocycles. The fraction of sp³-hybridized carbons (Fsp3) is 0.529. The zero-order chi connectivity index (χ0) is 16.7. The number of carbonyl (C=O) groups is 2. The van der Waals surface area contributed by atoms with E-state index in [4.69, 9.17) is 11.6 Å². The van der Waals surface area contributed by atoms with Crippen LogP contribution in [0.1, 0.15) is 36.5 Å². The first-order chi connectivity index (χ1) is 11.1. The topological polar surface area (TPSA) is 62.6 Å². The van der Waals surface area contributed by atoms with E-state index < -0.39 is 0 Å². The summed E-state index contributed by atoms with van der Waals surface area (Å²) in [5.74, 6) is -0.470. The average molecular weight is 339 g/mol. The van der Waals surface area contributed by atoms with Crippen LogP contribution in [0.15, 0.2) is 24.3 Å². The van der Waals surface area contributed by atoms with Crippen molar-refractivity contribution in [1.29, 1.82) is 0 Å². The molecule has 6 heteroatoms. The molecule has 126 valence electrons. The third-order valence-electron chi connectivity index (χ3n) is 4.19. The lowest BCUT2D eigenvalue weighted by Gasteiger charge is -2.29. The van der Waals surface area contributed by atoms with Gasteiger partial charge in [-0.2, -0.15) is 0 Å². The summed E-state index contributed by atoms with van der Waals surface area (Å²) in [5, 5.41) is 6.01. The Morgan fingerprint density at radius 2 is 1.96 bits per heavy atom. The minimum Gasteiger partial charge on any atom is -0.351 e. The van der Waals surface area contributed by atoms with Crippen molar-refractivity contribution >= 4 is 23.4 Å². The number of hydrogen-bond donors (Lipinski definition) is 3. The van der Waals surface area contributed by atoms with Crippen LogP contribution in [0, 0.1) is 0 Å². The van der Waals surface area contributed by atoms with E-state index in [2.05, 4.69) is 17.6 Å². The van der Waals surface area contributed by atoms with Crippen molar-refractivity contribution < 1.29 is 14.5 Å². The van der Waals surface area contributed by atoms with Crippen LogP contribution in [0.5, 0.6) is 0 Å². The van der Waals surface area contributed by atoms with Crippen LogP contribution in [0.4, 0.5) is 0 Å². The Balaban J connectivity index is 1.71. The van der Waals surface area contributed by atoms with Crippen molar-refractivity contribution in [2.45, 2.75) is 32.2 Å². The Morgan fingerprint density at radius 3 is 2.61 bits per heavy atom. The maximum Gasteiger partial charge on any atom is 0.253 e. The van der Waals surface area contributed by atoms with Crippen molar-refractivity contribution in [1.82, 2.24) is 10.6 Å². The standard InChI is InChI=1S/C17H24ClN3O2/c1-2-9-21-10-7-13(8-11-21)20-16(22)12-19-17(23)14-5-3-4-6-15(14)18/h3-6,13H,2,7-12H2,1H3,(H,19,23)(H,20,22)/p+1. The predicted octanol–water partition coefficient (Wildman–Crippen LogP) is 0.643. The minimum atomic E-state index is -0.326. The minimum absolute atomic E-state index is 0.0217. The second kappa shape index (κ2) is 8.89. The van der Waals surface area contributed by atoms with Crippen molar-refractivity contribution in [3.8, 4) is 0 Å². The molecule has 0 aliphatic carbocycles. The first kappa shape index (κ1) is 17.8. The van der Waals surface area contributed by atoms with E-state index in [1.54, 1.807) is 29.2 Å². The fourth-order valence-corrected chi connectivity index (χ4v) is 3.18. The summed E-state index contributed by atoms with van der Waals surface area (Å²) in [6.07, 6.45) is 3.19. The van der Waals surface area contributed by atoms with Crippen LogP contribution in [-0.4, -0.2) is 44.0 Å². The van der Waals surface area contributed by atoms with E-state index >= 15 is 0 Å². The molecule has 0 saturated carbocycles. The number of halogens is 1. The predicted molar refractivity (Wildman–Crippen MR) is 90.8 cm³/mol. The third kappa shape index (κ3) is 5.52. The number of likely N-dealkylation sites (tertiary alicyclic amines) is 1. The van der Waals surface area contributed by atoms with E-state index in [-0.39, 0.29) is 24.4 Å². The molecule has 23 heavy (non-hydrogen) atoms. The lowest BCUT2D eigenvalue weighted by Crippen LogP contribution is -3.13. The van der Waals surface area contributed by atoms with Crippen LogP contribution in [0.25, 0.3) is 0 Å². The Bertz CT molecular complexity index is 542. The van der Waals surface area contributed by atoms with Crippen LogP contribution in [0.3, 0.4) is 0 Å². The highest BCUT2D eigenvalue weighted by Gasteiger charge is 2.22. The van der Waals surface area contributed by atoms with Crippen LogP contribution in [0.2, 0.25) is 5.02 Å². The molecule has 0 radical (unpaired) electrons. The van der Waals surface area contributed by atoms with Gasteiger partial charge in [0.1, 0.15) is 0 Å². The number of piperidine rings is 1. The van der Waals surface area contributed by atoms with Gasteiger partial charge in [0.05, 0.1) is 36.8 Å². The highest BCUT2D eigenvalue weighted by molar-refractivity contribution is 6.33. The molecule has 0 bridgehead atoms. The van der Waals surface area contributed by atoms with E-state index in [1.165, 1.54) is 13.0 Å². The largest absolute Gasteiger partial charge is 0.351 e. The molecule has 1 aliphatic rings. The van der Waals surface area contributed by atoms with Gasteiger partial charge < -0.3 is 15.5 Å². The normalized spacial score (nSPS) is 20.8. The van der Waals surface area contributed by atoms with E-state index in [9.17, 15) is 9.59 Å². The molecular formula is C17H25ClN3O2+. The molecule has 1 saturated heterocycles. The molecule has 1 heterocycles. The van der Waals surface area contributed by atoms with Crippen molar-refractivity contribution in [3.05, 3.63) is 34.9 Å². The number of amides is 2. The quantitative estimate of drug-likeness (QED) is 0.713. The first-order valence-electron chi connectivity index (χ1n) is 8.25. The van der Waals surface area contributed by atoms with Gasteiger partial charge in [-0.15, -0.1) is 0 Å². The lowest BCUT2D eigenvalue weighted by molar-refractivity contribution is -0.905. The van der Waals surface area contributed by atoms with Crippen LogP contribution < -0.4 is 15.5 Å². The summed E-state index contributed by atoms with van der Waals surface area (Å²) < 4.78 is 0. The van der Waals surface area contributed by atoms with Gasteiger partial charge in [0.15, 0.2) is 0 Å². The highest BCUT2D eigenvalue weighted by atomic mass is 35.5. The summed E-state index contributed by atoms with van der Waals surface area (Å²) in [4.78, 5) is 25.6. The van der Waals surface area contributed by atoms with E-state index in [0.717, 1.165) is 25.9 Å². The second-order valence-corrected chi connectivity index (χ2v) is 6.41. The maximum absolute atomic E-state index is 12.0. The van der Waals surface area contributed by atoms with E-state index in [1.807, 2.05) is 0 Å². The highest BCUT2D eigenvalue weighted by Crippen LogP contribution is 2.14. The van der Waals surface area contributed by atoms with Gasteiger partial charge in [0, 0.05) is 18.9 Å². The molecule has 1 aromatic carbocycles. The Labute approximate surface area is 142 Å².